The molecule has 0 spiro atoms. The molecule has 0 bridgehead atoms. The van der Waals surface area contributed by atoms with Crippen LogP contribution in [0.4, 0.5) is 11.6 Å². The van der Waals surface area contributed by atoms with Crippen LogP contribution in [0, 0.1) is 6.92 Å². The molecule has 9 heteroatoms. The Hall–Kier alpha value is -3.72. The second kappa shape index (κ2) is 9.03. The Kier molecular flexibility index (Phi) is 5.78. The third-order valence-electron chi connectivity index (χ3n) is 5.49. The highest BCUT2D eigenvalue weighted by Gasteiger charge is 2.18. The molecule has 0 atom stereocenters. The van der Waals surface area contributed by atoms with Crippen LogP contribution in [-0.2, 0) is 20.0 Å². The maximum absolute atomic E-state index is 12.6. The highest BCUT2D eigenvalue weighted by Crippen LogP contribution is 2.33. The van der Waals surface area contributed by atoms with E-state index in [1.807, 2.05) is 44.4 Å². The number of benzene rings is 1. The number of nitrogens with zero attached hydrogens (tertiary/aromatic N) is 4. The van der Waals surface area contributed by atoms with E-state index in [4.69, 9.17) is 4.74 Å². The van der Waals surface area contributed by atoms with Crippen LogP contribution in [0.15, 0.2) is 48.9 Å². The van der Waals surface area contributed by atoms with E-state index in [0.29, 0.717) is 17.4 Å². The number of hydrogen-bond donors (Lipinski definition) is 2. The summed E-state index contributed by atoms with van der Waals surface area (Å²) in [5.74, 6) is 1.31. The van der Waals surface area contributed by atoms with Crippen LogP contribution in [0.25, 0.3) is 11.3 Å². The number of carbonyl (C=O) groups is 1. The molecule has 0 fully saturated rings. The number of nitrogens with one attached hydrogen (secondary N) is 2. The van der Waals surface area contributed by atoms with E-state index in [9.17, 15) is 4.79 Å². The molecule has 168 valence electrons. The van der Waals surface area contributed by atoms with Crippen LogP contribution < -0.4 is 15.4 Å². The van der Waals surface area contributed by atoms with Crippen molar-refractivity contribution < 1.29 is 9.53 Å². The number of thiophene rings is 1. The number of anilines is 2. The fourth-order valence-corrected chi connectivity index (χ4v) is 4.81. The molecule has 1 aliphatic heterocycles. The minimum Gasteiger partial charge on any atom is -0.492 e. The fourth-order valence-electron chi connectivity index (χ4n) is 3.75. The standard InChI is InChI=1S/C24H24N6O2S/c1-15-10-16(19-7-8-25-24(29-19)28-18-13-27-30(2)14-18)5-6-17(15)12-26-23(31)22-11-20-21(33-22)4-3-9-32-20/h5-8,10-11,13-14H,3-4,9,12H2,1-2H3,(H,26,31)(H,25,28,29). The van der Waals surface area contributed by atoms with Crippen molar-refractivity contribution in [3.8, 4) is 17.0 Å². The topological polar surface area (TPSA) is 94.0 Å². The number of ether oxygens (including phenoxy) is 1. The summed E-state index contributed by atoms with van der Waals surface area (Å²) in [5, 5.41) is 10.3. The van der Waals surface area contributed by atoms with Crippen LogP contribution in [0.1, 0.15) is 32.1 Å². The van der Waals surface area contributed by atoms with Crippen molar-refractivity contribution in [2.24, 2.45) is 7.05 Å². The molecule has 4 heterocycles. The second-order valence-electron chi connectivity index (χ2n) is 7.97. The summed E-state index contributed by atoms with van der Waals surface area (Å²) >= 11 is 1.52. The van der Waals surface area contributed by atoms with Crippen molar-refractivity contribution in [1.82, 2.24) is 25.1 Å². The zero-order valence-electron chi connectivity index (χ0n) is 18.5. The first-order valence-corrected chi connectivity index (χ1v) is 11.6. The molecule has 0 unspecified atom stereocenters. The molecule has 1 aromatic carbocycles. The zero-order chi connectivity index (χ0) is 22.8. The summed E-state index contributed by atoms with van der Waals surface area (Å²) in [5.41, 5.74) is 4.78. The summed E-state index contributed by atoms with van der Waals surface area (Å²) in [4.78, 5) is 23.4. The average Bonchev–Trinajstić information content (AvgIpc) is 3.44. The maximum atomic E-state index is 12.6. The van der Waals surface area contributed by atoms with Gasteiger partial charge in [0.2, 0.25) is 5.95 Å². The molecule has 0 aliphatic carbocycles. The predicted molar refractivity (Wildman–Crippen MR) is 128 cm³/mol. The molecule has 0 saturated heterocycles. The van der Waals surface area contributed by atoms with Gasteiger partial charge in [0.25, 0.3) is 5.91 Å². The van der Waals surface area contributed by atoms with Crippen molar-refractivity contribution in [3.05, 3.63) is 69.8 Å². The second-order valence-corrected chi connectivity index (χ2v) is 9.10. The largest absolute Gasteiger partial charge is 0.492 e. The van der Waals surface area contributed by atoms with Crippen molar-refractivity contribution in [2.45, 2.75) is 26.3 Å². The molecule has 1 aliphatic rings. The maximum Gasteiger partial charge on any atom is 0.261 e. The molecule has 8 nitrogen and oxygen atoms in total. The first kappa shape index (κ1) is 21.1. The van der Waals surface area contributed by atoms with Crippen molar-refractivity contribution >= 4 is 28.9 Å². The van der Waals surface area contributed by atoms with Gasteiger partial charge in [-0.3, -0.25) is 9.48 Å². The normalized spacial score (nSPS) is 12.7. The van der Waals surface area contributed by atoms with E-state index in [2.05, 4.69) is 31.8 Å². The Morgan fingerprint density at radius 3 is 2.97 bits per heavy atom. The van der Waals surface area contributed by atoms with Gasteiger partial charge in [0.05, 0.1) is 29.1 Å². The summed E-state index contributed by atoms with van der Waals surface area (Å²) in [6, 6.07) is 9.86. The van der Waals surface area contributed by atoms with E-state index in [1.165, 1.54) is 11.3 Å². The van der Waals surface area contributed by atoms with Gasteiger partial charge in [-0.2, -0.15) is 5.10 Å². The molecule has 0 saturated carbocycles. The number of rotatable bonds is 6. The molecule has 1 amide bonds. The van der Waals surface area contributed by atoms with Crippen molar-refractivity contribution in [3.63, 3.8) is 0 Å². The quantitative estimate of drug-likeness (QED) is 0.447. The minimum atomic E-state index is -0.0663. The van der Waals surface area contributed by atoms with E-state index >= 15 is 0 Å². The molecule has 5 rings (SSSR count). The first-order chi connectivity index (χ1) is 16.0. The number of aryl methyl sites for hydroxylation is 3. The SMILES string of the molecule is Cc1cc(-c2ccnc(Nc3cnn(C)c3)n2)ccc1CNC(=O)c1cc2c(s1)CCCO2. The Morgan fingerprint density at radius 2 is 2.18 bits per heavy atom. The third kappa shape index (κ3) is 4.73. The first-order valence-electron chi connectivity index (χ1n) is 10.8. The molecule has 0 radical (unpaired) electrons. The number of aromatic nitrogens is 4. The van der Waals surface area contributed by atoms with Gasteiger partial charge in [-0.05, 0) is 43.0 Å². The van der Waals surface area contributed by atoms with Crippen LogP contribution in [0.3, 0.4) is 0 Å². The Morgan fingerprint density at radius 1 is 1.27 bits per heavy atom. The van der Waals surface area contributed by atoms with Crippen LogP contribution >= 0.6 is 11.3 Å². The van der Waals surface area contributed by atoms with Crippen LogP contribution in [0.2, 0.25) is 0 Å². The lowest BCUT2D eigenvalue weighted by Crippen LogP contribution is -2.22. The summed E-state index contributed by atoms with van der Waals surface area (Å²) in [6.07, 6.45) is 7.31. The Balaban J connectivity index is 1.26. The van der Waals surface area contributed by atoms with E-state index in [-0.39, 0.29) is 5.91 Å². The van der Waals surface area contributed by atoms with Gasteiger partial charge in [-0.25, -0.2) is 9.97 Å². The van der Waals surface area contributed by atoms with Gasteiger partial charge in [0, 0.05) is 42.5 Å². The lowest BCUT2D eigenvalue weighted by molar-refractivity contribution is 0.0954. The van der Waals surface area contributed by atoms with Gasteiger partial charge < -0.3 is 15.4 Å². The van der Waals surface area contributed by atoms with E-state index < -0.39 is 0 Å². The third-order valence-corrected chi connectivity index (χ3v) is 6.67. The van der Waals surface area contributed by atoms with Gasteiger partial charge in [0.15, 0.2) is 0 Å². The summed E-state index contributed by atoms with van der Waals surface area (Å²) in [7, 11) is 1.86. The van der Waals surface area contributed by atoms with Gasteiger partial charge >= 0.3 is 0 Å². The van der Waals surface area contributed by atoms with Crippen LogP contribution in [-0.4, -0.2) is 32.3 Å². The molecule has 4 aromatic rings. The highest BCUT2D eigenvalue weighted by molar-refractivity contribution is 7.14. The van der Waals surface area contributed by atoms with Crippen molar-refractivity contribution in [2.75, 3.05) is 11.9 Å². The number of amides is 1. The van der Waals surface area contributed by atoms with Crippen molar-refractivity contribution in [1.29, 1.82) is 0 Å². The summed E-state index contributed by atoms with van der Waals surface area (Å²) < 4.78 is 7.36. The van der Waals surface area contributed by atoms with E-state index in [1.54, 1.807) is 17.1 Å². The average molecular weight is 461 g/mol. The molecule has 2 N–H and O–H groups in total. The molecule has 33 heavy (non-hydrogen) atoms. The number of hydrogen-bond acceptors (Lipinski definition) is 7. The zero-order valence-corrected chi connectivity index (χ0v) is 19.3. The fraction of sp³-hybridized carbons (Fsp3) is 0.250. The van der Waals surface area contributed by atoms with Crippen LogP contribution in [0.5, 0.6) is 5.75 Å². The molecular formula is C24H24N6O2S. The number of carbonyl (C=O) groups excluding carboxylic acids is 1. The van der Waals surface area contributed by atoms with Gasteiger partial charge in [0.1, 0.15) is 5.75 Å². The summed E-state index contributed by atoms with van der Waals surface area (Å²) in [6.45, 7) is 3.23. The Bertz CT molecular complexity index is 1290. The lowest BCUT2D eigenvalue weighted by atomic mass is 10.0. The highest BCUT2D eigenvalue weighted by atomic mass is 32.1. The monoisotopic (exact) mass is 460 g/mol. The number of fused-ring (bicyclic) bond motifs is 1. The molecular weight excluding hydrogens is 436 g/mol. The lowest BCUT2D eigenvalue weighted by Gasteiger charge is -2.11. The molecule has 3 aromatic heterocycles. The Labute approximate surface area is 195 Å². The predicted octanol–water partition coefficient (Wildman–Crippen LogP) is 4.25. The smallest absolute Gasteiger partial charge is 0.261 e. The van der Waals surface area contributed by atoms with Gasteiger partial charge in [-0.1, -0.05) is 12.1 Å². The minimum absolute atomic E-state index is 0.0663. The van der Waals surface area contributed by atoms with Gasteiger partial charge in [-0.15, -0.1) is 11.3 Å². The van der Waals surface area contributed by atoms with E-state index in [0.717, 1.165) is 58.1 Å².